The van der Waals surface area contributed by atoms with Gasteiger partial charge in [-0.15, -0.1) is 0 Å². The molecule has 0 spiro atoms. The number of hydrogen-bond donors (Lipinski definition) is 0. The van der Waals surface area contributed by atoms with Crippen molar-refractivity contribution in [1.82, 2.24) is 4.90 Å². The highest BCUT2D eigenvalue weighted by Crippen LogP contribution is 2.25. The van der Waals surface area contributed by atoms with Gasteiger partial charge in [-0.2, -0.15) is 0 Å². The Morgan fingerprint density at radius 3 is 2.48 bits per heavy atom. The van der Waals surface area contributed by atoms with Crippen molar-refractivity contribution < 1.29 is 9.59 Å². The minimum absolute atomic E-state index is 0.0118. The molecule has 1 aliphatic heterocycles. The van der Waals surface area contributed by atoms with Crippen LogP contribution >= 0.6 is 0 Å². The first-order chi connectivity index (χ1) is 10.9. The fourth-order valence-electron chi connectivity index (χ4n) is 3.44. The molecule has 0 aliphatic carbocycles. The Morgan fingerprint density at radius 1 is 1.26 bits per heavy atom. The summed E-state index contributed by atoms with van der Waals surface area (Å²) < 4.78 is 0. The second kappa shape index (κ2) is 7.62. The van der Waals surface area contributed by atoms with Gasteiger partial charge in [-0.05, 0) is 43.7 Å². The van der Waals surface area contributed by atoms with E-state index in [1.54, 1.807) is 11.8 Å². The average Bonchev–Trinajstić information content (AvgIpc) is 2.49. The largest absolute Gasteiger partial charge is 0.342 e. The van der Waals surface area contributed by atoms with Crippen LogP contribution in [-0.4, -0.2) is 36.3 Å². The third kappa shape index (κ3) is 4.34. The van der Waals surface area contributed by atoms with E-state index in [1.807, 2.05) is 36.9 Å². The van der Waals surface area contributed by atoms with Gasteiger partial charge in [0.2, 0.25) is 11.8 Å². The smallest absolute Gasteiger partial charge is 0.224 e. The number of rotatable bonds is 4. The third-order valence-corrected chi connectivity index (χ3v) is 4.65. The fraction of sp³-hybridized carbons (Fsp3) is 0.579. The first kappa shape index (κ1) is 17.5. The Kier molecular flexibility index (Phi) is 5.80. The van der Waals surface area contributed by atoms with Crippen LogP contribution in [-0.2, 0) is 9.59 Å². The van der Waals surface area contributed by atoms with Gasteiger partial charge in [0.05, 0.1) is 0 Å². The molecule has 2 amide bonds. The quantitative estimate of drug-likeness (QED) is 0.855. The van der Waals surface area contributed by atoms with Crippen molar-refractivity contribution in [2.24, 2.45) is 5.92 Å². The molecule has 1 atom stereocenters. The average molecular weight is 316 g/mol. The summed E-state index contributed by atoms with van der Waals surface area (Å²) in [5.74, 6) is 0.728. The van der Waals surface area contributed by atoms with Crippen LogP contribution < -0.4 is 4.90 Å². The molecule has 126 valence electrons. The molecule has 23 heavy (non-hydrogen) atoms. The molecule has 1 aromatic carbocycles. The number of hydrogen-bond acceptors (Lipinski definition) is 2. The van der Waals surface area contributed by atoms with Crippen molar-refractivity contribution in [2.75, 3.05) is 24.5 Å². The standard InChI is InChI=1S/C19H28N2O2/c1-14-7-6-11-20(13-14)18(23)10-12-21(17(4)22)19-15(2)8-5-9-16(19)3/h5,8-9,14H,6-7,10-13H2,1-4H3. The van der Waals surface area contributed by atoms with Crippen molar-refractivity contribution in [3.05, 3.63) is 29.3 Å². The van der Waals surface area contributed by atoms with E-state index in [0.717, 1.165) is 36.3 Å². The maximum Gasteiger partial charge on any atom is 0.224 e. The Labute approximate surface area is 139 Å². The van der Waals surface area contributed by atoms with E-state index in [0.29, 0.717) is 18.9 Å². The van der Waals surface area contributed by atoms with Gasteiger partial charge in [0.1, 0.15) is 0 Å². The van der Waals surface area contributed by atoms with Crippen molar-refractivity contribution in [3.8, 4) is 0 Å². The first-order valence-electron chi connectivity index (χ1n) is 8.52. The fourth-order valence-corrected chi connectivity index (χ4v) is 3.44. The molecule has 1 heterocycles. The van der Waals surface area contributed by atoms with Crippen LogP contribution in [0.25, 0.3) is 0 Å². The molecule has 2 rings (SSSR count). The number of benzene rings is 1. The SMILES string of the molecule is CC(=O)N(CCC(=O)N1CCCC(C)C1)c1c(C)cccc1C. The number of aryl methyl sites for hydroxylation is 2. The summed E-state index contributed by atoms with van der Waals surface area (Å²) in [5, 5.41) is 0. The van der Waals surface area contributed by atoms with Gasteiger partial charge in [0.25, 0.3) is 0 Å². The summed E-state index contributed by atoms with van der Waals surface area (Å²) >= 11 is 0. The molecule has 1 unspecified atom stereocenters. The maximum atomic E-state index is 12.5. The predicted octanol–water partition coefficient (Wildman–Crippen LogP) is 3.30. The van der Waals surface area contributed by atoms with Gasteiger partial charge in [0.15, 0.2) is 0 Å². The molecule has 4 heteroatoms. The Bertz CT molecular complexity index is 562. The molecule has 0 saturated carbocycles. The number of carbonyl (C=O) groups excluding carboxylic acids is 2. The van der Waals surface area contributed by atoms with Crippen molar-refractivity contribution in [1.29, 1.82) is 0 Å². The van der Waals surface area contributed by atoms with E-state index in [4.69, 9.17) is 0 Å². The molecule has 1 aliphatic rings. The van der Waals surface area contributed by atoms with E-state index in [9.17, 15) is 9.59 Å². The minimum atomic E-state index is -0.0118. The van der Waals surface area contributed by atoms with Crippen molar-refractivity contribution in [3.63, 3.8) is 0 Å². The number of carbonyl (C=O) groups is 2. The van der Waals surface area contributed by atoms with Gasteiger partial charge >= 0.3 is 0 Å². The Morgan fingerprint density at radius 2 is 1.91 bits per heavy atom. The molecule has 1 saturated heterocycles. The topological polar surface area (TPSA) is 40.6 Å². The lowest BCUT2D eigenvalue weighted by atomic mass is 10.00. The molecule has 0 N–H and O–H groups in total. The molecule has 4 nitrogen and oxygen atoms in total. The van der Waals surface area contributed by atoms with Crippen LogP contribution in [0.5, 0.6) is 0 Å². The Hall–Kier alpha value is -1.84. The molecule has 1 fully saturated rings. The zero-order valence-corrected chi connectivity index (χ0v) is 14.8. The summed E-state index contributed by atoms with van der Waals surface area (Å²) in [6, 6.07) is 6.01. The molecular weight excluding hydrogens is 288 g/mol. The van der Waals surface area contributed by atoms with E-state index < -0.39 is 0 Å². The number of para-hydroxylation sites is 1. The third-order valence-electron chi connectivity index (χ3n) is 4.65. The lowest BCUT2D eigenvalue weighted by Gasteiger charge is -2.32. The summed E-state index contributed by atoms with van der Waals surface area (Å²) in [5.41, 5.74) is 3.08. The minimum Gasteiger partial charge on any atom is -0.342 e. The summed E-state index contributed by atoms with van der Waals surface area (Å²) in [6.07, 6.45) is 2.67. The maximum absolute atomic E-state index is 12.5. The van der Waals surface area contributed by atoms with Gasteiger partial charge in [-0.1, -0.05) is 25.1 Å². The predicted molar refractivity (Wildman–Crippen MR) is 93.5 cm³/mol. The Balaban J connectivity index is 2.06. The number of piperidine rings is 1. The van der Waals surface area contributed by atoms with Crippen LogP contribution in [0.3, 0.4) is 0 Å². The molecule has 0 radical (unpaired) electrons. The number of amides is 2. The second-order valence-corrected chi connectivity index (χ2v) is 6.75. The lowest BCUT2D eigenvalue weighted by molar-refractivity contribution is -0.132. The second-order valence-electron chi connectivity index (χ2n) is 6.75. The van der Waals surface area contributed by atoms with Crippen molar-refractivity contribution in [2.45, 2.75) is 47.0 Å². The normalized spacial score (nSPS) is 17.9. The van der Waals surface area contributed by atoms with Gasteiger partial charge < -0.3 is 9.80 Å². The van der Waals surface area contributed by atoms with E-state index in [2.05, 4.69) is 6.92 Å². The zero-order valence-electron chi connectivity index (χ0n) is 14.8. The monoisotopic (exact) mass is 316 g/mol. The highest BCUT2D eigenvalue weighted by Gasteiger charge is 2.23. The van der Waals surface area contributed by atoms with Crippen LogP contribution in [0, 0.1) is 19.8 Å². The summed E-state index contributed by atoms with van der Waals surface area (Å²) in [4.78, 5) is 28.3. The lowest BCUT2D eigenvalue weighted by Crippen LogP contribution is -2.41. The van der Waals surface area contributed by atoms with Crippen LogP contribution in [0.1, 0.15) is 44.2 Å². The highest BCUT2D eigenvalue weighted by molar-refractivity contribution is 5.94. The molecule has 0 bridgehead atoms. The van der Waals surface area contributed by atoms with Crippen LogP contribution in [0.4, 0.5) is 5.69 Å². The summed E-state index contributed by atoms with van der Waals surface area (Å²) in [7, 11) is 0. The zero-order chi connectivity index (χ0) is 17.0. The molecule has 1 aromatic rings. The van der Waals surface area contributed by atoms with Crippen molar-refractivity contribution >= 4 is 17.5 Å². The van der Waals surface area contributed by atoms with Crippen LogP contribution in [0.2, 0.25) is 0 Å². The van der Waals surface area contributed by atoms with E-state index in [-0.39, 0.29) is 11.8 Å². The van der Waals surface area contributed by atoms with Gasteiger partial charge in [0, 0.05) is 38.7 Å². The highest BCUT2D eigenvalue weighted by atomic mass is 16.2. The number of anilines is 1. The molecular formula is C19H28N2O2. The number of likely N-dealkylation sites (tertiary alicyclic amines) is 1. The number of nitrogens with zero attached hydrogens (tertiary/aromatic N) is 2. The van der Waals surface area contributed by atoms with Crippen LogP contribution in [0.15, 0.2) is 18.2 Å². The first-order valence-corrected chi connectivity index (χ1v) is 8.52. The van der Waals surface area contributed by atoms with Gasteiger partial charge in [-0.25, -0.2) is 0 Å². The summed E-state index contributed by atoms with van der Waals surface area (Å²) in [6.45, 7) is 9.93. The van der Waals surface area contributed by atoms with Gasteiger partial charge in [-0.3, -0.25) is 9.59 Å². The van der Waals surface area contributed by atoms with E-state index in [1.165, 1.54) is 6.42 Å². The van der Waals surface area contributed by atoms with E-state index >= 15 is 0 Å². The molecule has 0 aromatic heterocycles.